The molecule has 0 N–H and O–H groups in total. The molecule has 1 saturated carbocycles. The minimum Gasteiger partial charge on any atom is -0.466 e. The quantitative estimate of drug-likeness (QED) is 0.776. The molecule has 0 amide bonds. The number of benzene rings is 1. The van der Waals surface area contributed by atoms with E-state index in [1.807, 2.05) is 0 Å². The van der Waals surface area contributed by atoms with Crippen LogP contribution in [-0.2, 0) is 24.5 Å². The summed E-state index contributed by atoms with van der Waals surface area (Å²) in [6, 6.07) is 5.59. The van der Waals surface area contributed by atoms with Crippen molar-refractivity contribution in [1.82, 2.24) is 0 Å². The van der Waals surface area contributed by atoms with Gasteiger partial charge < -0.3 is 9.47 Å². The summed E-state index contributed by atoms with van der Waals surface area (Å²) in [5.41, 5.74) is -0.425. The average molecular weight is 280 g/mol. The van der Waals surface area contributed by atoms with Gasteiger partial charge in [0.05, 0.1) is 19.1 Å². The number of ether oxygens (including phenoxy) is 2. The summed E-state index contributed by atoms with van der Waals surface area (Å²) in [6.07, 6.45) is 0.344. The molecule has 0 aliphatic heterocycles. The molecule has 20 heavy (non-hydrogen) atoms. The summed E-state index contributed by atoms with van der Waals surface area (Å²) in [7, 11) is 0. The maximum atomic E-state index is 13.0. The normalized spacial score (nSPS) is 24.1. The van der Waals surface area contributed by atoms with Crippen LogP contribution >= 0.6 is 0 Å². The molecule has 108 valence electrons. The first kappa shape index (κ1) is 14.5. The van der Waals surface area contributed by atoms with Crippen LogP contribution in [0.3, 0.4) is 0 Å². The molecule has 0 saturated heterocycles. The van der Waals surface area contributed by atoms with Crippen LogP contribution in [0.2, 0.25) is 0 Å². The summed E-state index contributed by atoms with van der Waals surface area (Å²) < 4.78 is 23.1. The molecule has 2 rings (SSSR count). The third-order valence-electron chi connectivity index (χ3n) is 3.53. The van der Waals surface area contributed by atoms with E-state index in [2.05, 4.69) is 0 Å². The zero-order valence-electron chi connectivity index (χ0n) is 11.5. The van der Waals surface area contributed by atoms with Crippen molar-refractivity contribution in [2.45, 2.75) is 25.7 Å². The summed E-state index contributed by atoms with van der Waals surface area (Å²) >= 11 is 0. The Hall–Kier alpha value is -1.91. The Morgan fingerprint density at radius 3 is 2.35 bits per heavy atom. The van der Waals surface area contributed by atoms with Crippen molar-refractivity contribution in [2.75, 3.05) is 13.2 Å². The molecule has 1 fully saturated rings. The summed E-state index contributed by atoms with van der Waals surface area (Å²) in [5.74, 6) is -1.80. The molecule has 0 aromatic heterocycles. The smallest absolute Gasteiger partial charge is 0.317 e. The fraction of sp³-hybridized carbons (Fsp3) is 0.467. The van der Waals surface area contributed by atoms with Crippen molar-refractivity contribution in [3.05, 3.63) is 35.6 Å². The van der Waals surface area contributed by atoms with Gasteiger partial charge in [0, 0.05) is 0 Å². The van der Waals surface area contributed by atoms with Crippen molar-refractivity contribution < 1.29 is 23.5 Å². The molecular formula is C15H17FO4. The molecule has 0 spiro atoms. The van der Waals surface area contributed by atoms with Gasteiger partial charge in [0.25, 0.3) is 0 Å². The minimum atomic E-state index is -1.02. The molecule has 1 aliphatic carbocycles. The second-order valence-electron chi connectivity index (χ2n) is 4.71. The highest BCUT2D eigenvalue weighted by atomic mass is 19.1. The Morgan fingerprint density at radius 2 is 1.80 bits per heavy atom. The van der Waals surface area contributed by atoms with Gasteiger partial charge in [-0.25, -0.2) is 4.39 Å². The van der Waals surface area contributed by atoms with Crippen LogP contribution < -0.4 is 0 Å². The van der Waals surface area contributed by atoms with E-state index in [1.165, 1.54) is 24.3 Å². The number of halogens is 1. The van der Waals surface area contributed by atoms with Crippen molar-refractivity contribution in [3.8, 4) is 0 Å². The Bertz CT molecular complexity index is 511. The van der Waals surface area contributed by atoms with Crippen molar-refractivity contribution in [2.24, 2.45) is 5.92 Å². The molecule has 0 heterocycles. The lowest BCUT2D eigenvalue weighted by atomic mass is 9.93. The minimum absolute atomic E-state index is 0.233. The number of esters is 2. The molecular weight excluding hydrogens is 263 g/mol. The number of hydrogen-bond donors (Lipinski definition) is 0. The topological polar surface area (TPSA) is 52.6 Å². The van der Waals surface area contributed by atoms with E-state index in [9.17, 15) is 14.0 Å². The fourth-order valence-electron chi connectivity index (χ4n) is 2.46. The van der Waals surface area contributed by atoms with E-state index in [-0.39, 0.29) is 19.0 Å². The van der Waals surface area contributed by atoms with Crippen molar-refractivity contribution >= 4 is 11.9 Å². The van der Waals surface area contributed by atoms with E-state index in [0.29, 0.717) is 12.0 Å². The van der Waals surface area contributed by atoms with Gasteiger partial charge in [-0.3, -0.25) is 9.59 Å². The van der Waals surface area contributed by atoms with Gasteiger partial charge in [-0.2, -0.15) is 0 Å². The van der Waals surface area contributed by atoms with E-state index in [4.69, 9.17) is 9.47 Å². The summed E-state index contributed by atoms with van der Waals surface area (Å²) in [6.45, 7) is 3.91. The molecule has 5 heteroatoms. The van der Waals surface area contributed by atoms with Crippen LogP contribution in [0.25, 0.3) is 0 Å². The Labute approximate surface area is 116 Å². The lowest BCUT2D eigenvalue weighted by Gasteiger charge is -2.16. The Kier molecular flexibility index (Phi) is 4.06. The van der Waals surface area contributed by atoms with Gasteiger partial charge in [-0.1, -0.05) is 12.1 Å². The van der Waals surface area contributed by atoms with E-state index < -0.39 is 23.3 Å². The van der Waals surface area contributed by atoms with Gasteiger partial charge in [-0.05, 0) is 38.0 Å². The molecule has 2 atom stereocenters. The zero-order valence-corrected chi connectivity index (χ0v) is 11.5. The molecule has 4 nitrogen and oxygen atoms in total. The zero-order chi connectivity index (χ0) is 14.8. The van der Waals surface area contributed by atoms with E-state index in [1.54, 1.807) is 13.8 Å². The Morgan fingerprint density at radius 1 is 1.20 bits per heavy atom. The second-order valence-corrected chi connectivity index (χ2v) is 4.71. The molecule has 1 aromatic carbocycles. The van der Waals surface area contributed by atoms with Gasteiger partial charge >= 0.3 is 11.9 Å². The first-order valence-corrected chi connectivity index (χ1v) is 6.66. The fourth-order valence-corrected chi connectivity index (χ4v) is 2.46. The maximum Gasteiger partial charge on any atom is 0.317 e. The number of carbonyl (C=O) groups is 2. The molecule has 0 bridgehead atoms. The predicted molar refractivity (Wildman–Crippen MR) is 69.5 cm³/mol. The predicted octanol–water partition coefficient (Wildman–Crippen LogP) is 2.21. The SMILES string of the molecule is CCOC(=O)C1CC1(C(=O)OCC)c1ccc(F)cc1. The van der Waals surface area contributed by atoms with Gasteiger partial charge in [-0.15, -0.1) is 0 Å². The first-order chi connectivity index (χ1) is 9.56. The van der Waals surface area contributed by atoms with Gasteiger partial charge in [0.2, 0.25) is 0 Å². The highest BCUT2D eigenvalue weighted by Gasteiger charge is 2.66. The van der Waals surface area contributed by atoms with Crippen molar-refractivity contribution in [3.63, 3.8) is 0 Å². The van der Waals surface area contributed by atoms with Gasteiger partial charge in [0.15, 0.2) is 0 Å². The van der Waals surface area contributed by atoms with Crippen LogP contribution in [0.1, 0.15) is 25.8 Å². The molecule has 2 unspecified atom stereocenters. The van der Waals surface area contributed by atoms with Crippen molar-refractivity contribution in [1.29, 1.82) is 0 Å². The molecule has 1 aliphatic rings. The third-order valence-corrected chi connectivity index (χ3v) is 3.53. The van der Waals surface area contributed by atoms with Crippen LogP contribution in [0.15, 0.2) is 24.3 Å². The highest BCUT2D eigenvalue weighted by molar-refractivity contribution is 5.96. The number of carbonyl (C=O) groups excluding carboxylic acids is 2. The van der Waals surface area contributed by atoms with Gasteiger partial charge in [0.1, 0.15) is 11.2 Å². The number of rotatable bonds is 5. The molecule has 1 aromatic rings. The largest absolute Gasteiger partial charge is 0.466 e. The Balaban J connectivity index is 2.30. The highest BCUT2D eigenvalue weighted by Crippen LogP contribution is 2.55. The van der Waals surface area contributed by atoms with Crippen LogP contribution in [0.4, 0.5) is 4.39 Å². The lowest BCUT2D eigenvalue weighted by Crippen LogP contribution is -2.28. The molecule has 0 radical (unpaired) electrons. The summed E-state index contributed by atoms with van der Waals surface area (Å²) in [4.78, 5) is 24.1. The maximum absolute atomic E-state index is 13.0. The van der Waals surface area contributed by atoms with Crippen LogP contribution in [0, 0.1) is 11.7 Å². The van der Waals surface area contributed by atoms with Crippen LogP contribution in [0.5, 0.6) is 0 Å². The first-order valence-electron chi connectivity index (χ1n) is 6.66. The standard InChI is InChI=1S/C15H17FO4/c1-3-19-13(17)12-9-15(12,14(18)20-4-2)10-5-7-11(16)8-6-10/h5-8,12H,3-4,9H2,1-2H3. The summed E-state index contributed by atoms with van der Waals surface area (Å²) in [5, 5.41) is 0. The van der Waals surface area contributed by atoms with E-state index in [0.717, 1.165) is 0 Å². The third kappa shape index (κ3) is 2.40. The average Bonchev–Trinajstić information content (AvgIpc) is 3.17. The lowest BCUT2D eigenvalue weighted by molar-refractivity contribution is -0.152. The second kappa shape index (κ2) is 5.61. The van der Waals surface area contributed by atoms with E-state index >= 15 is 0 Å². The van der Waals surface area contributed by atoms with Crippen LogP contribution in [-0.4, -0.2) is 25.2 Å². The number of hydrogen-bond acceptors (Lipinski definition) is 4. The monoisotopic (exact) mass is 280 g/mol.